The summed E-state index contributed by atoms with van der Waals surface area (Å²) < 4.78 is 5.21. The molecule has 16 heteroatoms. The molecule has 0 bridgehead atoms. The highest BCUT2D eigenvalue weighted by atomic mass is 35.5. The quantitative estimate of drug-likeness (QED) is 0.0516. The number of carbonyl (C=O) groups is 1. The largest absolute Gasteiger partial charge is 0.497 e. The van der Waals surface area contributed by atoms with E-state index in [1.807, 2.05) is 24.4 Å². The number of hydrogen-bond donors (Lipinski definition) is 8. The summed E-state index contributed by atoms with van der Waals surface area (Å²) in [5.41, 5.74) is 27.0. The molecule has 0 saturated heterocycles. The minimum Gasteiger partial charge on any atom is -0.497 e. The summed E-state index contributed by atoms with van der Waals surface area (Å²) in [5, 5.41) is 11.1. The number of aromatic nitrogens is 1. The summed E-state index contributed by atoms with van der Waals surface area (Å²) in [6, 6.07) is 20.1. The number of aliphatic imine (C=N–C) groups is 4. The summed E-state index contributed by atoms with van der Waals surface area (Å²) in [4.78, 5) is 30.5. The van der Waals surface area contributed by atoms with Gasteiger partial charge in [-0.05, 0) is 91.6 Å². The zero-order chi connectivity index (χ0) is 37.0. The van der Waals surface area contributed by atoms with E-state index in [-0.39, 0.29) is 29.7 Å². The highest BCUT2D eigenvalue weighted by molar-refractivity contribution is 6.31. The van der Waals surface area contributed by atoms with Crippen LogP contribution in [0.1, 0.15) is 38.2 Å². The minimum atomic E-state index is 0.00224. The summed E-state index contributed by atoms with van der Waals surface area (Å²) in [6.07, 6.45) is 6.47. The Balaban J connectivity index is 0.000000343. The first-order valence-corrected chi connectivity index (χ1v) is 17.0. The molecule has 1 aromatic heterocycles. The van der Waals surface area contributed by atoms with Crippen molar-refractivity contribution < 1.29 is 9.53 Å². The number of hydrogen-bond acceptors (Lipinski definition) is 4. The second kappa shape index (κ2) is 21.6. The smallest absolute Gasteiger partial charge is 0.218 e. The summed E-state index contributed by atoms with van der Waals surface area (Å²) in [5.74, 6) is 1.41. The monoisotopic (exact) mass is 736 g/mol. The third-order valence-corrected chi connectivity index (χ3v) is 7.56. The van der Waals surface area contributed by atoms with Crippen molar-refractivity contribution in [3.63, 3.8) is 0 Å². The summed E-state index contributed by atoms with van der Waals surface area (Å²) >= 11 is 11.7. The molecule has 0 aliphatic heterocycles. The topological polar surface area (TPSA) is 232 Å². The molecule has 0 aliphatic rings. The van der Waals surface area contributed by atoms with E-state index in [1.54, 1.807) is 55.6 Å². The first-order chi connectivity index (χ1) is 24.5. The summed E-state index contributed by atoms with van der Waals surface area (Å²) in [7, 11) is 1.66. The van der Waals surface area contributed by atoms with E-state index in [9.17, 15) is 4.79 Å². The number of nitrogens with one attached hydrogen (secondary N) is 4. The third-order valence-electron chi connectivity index (χ3n) is 7.06. The van der Waals surface area contributed by atoms with Crippen molar-refractivity contribution in [3.05, 3.63) is 88.5 Å². The second-order valence-corrected chi connectivity index (χ2v) is 12.0. The fraction of sp³-hybridized carbons (Fsp3) is 0.286. The molecule has 272 valence electrons. The maximum atomic E-state index is 10.8. The van der Waals surface area contributed by atoms with Crippen LogP contribution < -0.4 is 43.6 Å². The van der Waals surface area contributed by atoms with Gasteiger partial charge in [0.15, 0.2) is 0 Å². The molecule has 51 heavy (non-hydrogen) atoms. The minimum absolute atomic E-state index is 0.00224. The van der Waals surface area contributed by atoms with Gasteiger partial charge >= 0.3 is 0 Å². The predicted molar refractivity (Wildman–Crippen MR) is 212 cm³/mol. The Bertz CT molecular complexity index is 1720. The molecule has 0 saturated carbocycles. The van der Waals surface area contributed by atoms with Crippen LogP contribution in [-0.2, 0) is 11.2 Å². The van der Waals surface area contributed by atoms with Gasteiger partial charge in [0.25, 0.3) is 0 Å². The molecule has 1 heterocycles. The SMILES string of the molecule is COc1ccc2[nH]cc(CCNC(C)=O)c2c1.NC(=NCCCCCCN=C(N)/N=C(\N)Nc1ccc(Cl)cc1)/N=C(\N)Nc1ccc(Cl)cc1. The van der Waals surface area contributed by atoms with Gasteiger partial charge in [-0.25, -0.2) is 0 Å². The van der Waals surface area contributed by atoms with Crippen LogP contribution in [0.15, 0.2) is 92.9 Å². The van der Waals surface area contributed by atoms with E-state index in [0.717, 1.165) is 60.1 Å². The van der Waals surface area contributed by atoms with E-state index in [2.05, 4.69) is 40.9 Å². The van der Waals surface area contributed by atoms with Crippen LogP contribution >= 0.6 is 23.2 Å². The van der Waals surface area contributed by atoms with Crippen molar-refractivity contribution in [3.8, 4) is 5.75 Å². The third kappa shape index (κ3) is 15.7. The number of unbranched alkanes of at least 4 members (excludes halogenated alkanes) is 3. The van der Waals surface area contributed by atoms with Crippen molar-refractivity contribution in [2.24, 2.45) is 42.9 Å². The Morgan fingerprint density at radius 3 is 1.75 bits per heavy atom. The van der Waals surface area contributed by atoms with Crippen LogP contribution in [0.2, 0.25) is 10.0 Å². The lowest BCUT2D eigenvalue weighted by molar-refractivity contribution is -0.118. The molecule has 12 N–H and O–H groups in total. The van der Waals surface area contributed by atoms with E-state index >= 15 is 0 Å². The number of amides is 1. The maximum absolute atomic E-state index is 10.8. The van der Waals surface area contributed by atoms with Crippen molar-refractivity contribution in [2.45, 2.75) is 39.0 Å². The average Bonchev–Trinajstić information content (AvgIpc) is 3.50. The Morgan fingerprint density at radius 1 is 0.765 bits per heavy atom. The molecule has 0 unspecified atom stereocenters. The molecule has 0 fully saturated rings. The van der Waals surface area contributed by atoms with Crippen LogP contribution in [0.3, 0.4) is 0 Å². The standard InChI is InChI=1S/C22H30Cl2N10.C13H16N2O2/c23-15-5-9-17(10-6-15)31-21(27)33-19(25)29-13-3-1-2-4-14-30-20(26)34-22(28)32-18-11-7-16(24)8-12-18;1-9(16)14-6-5-10-8-15-13-4-3-11(17-2)7-12(10)13/h5-12H,1-4,13-14H2,(H5,25,27,29,31,33)(H5,26,28,30,32,34);3-4,7-8,15H,5-6H2,1-2H3,(H,14,16). The van der Waals surface area contributed by atoms with Gasteiger partial charge in [0, 0.05) is 65.1 Å². The van der Waals surface area contributed by atoms with E-state index in [1.165, 1.54) is 12.5 Å². The van der Waals surface area contributed by atoms with Crippen LogP contribution in [0.25, 0.3) is 10.9 Å². The number of anilines is 2. The molecular formula is C35H46Cl2N12O2. The molecule has 0 spiro atoms. The lowest BCUT2D eigenvalue weighted by Crippen LogP contribution is -2.26. The van der Waals surface area contributed by atoms with Crippen LogP contribution in [0, 0.1) is 0 Å². The number of fused-ring (bicyclic) bond motifs is 1. The summed E-state index contributed by atoms with van der Waals surface area (Å²) in [6.45, 7) is 3.30. The Labute approximate surface area is 307 Å². The van der Waals surface area contributed by atoms with Gasteiger partial charge in [-0.1, -0.05) is 36.0 Å². The average molecular weight is 738 g/mol. The van der Waals surface area contributed by atoms with Gasteiger partial charge in [-0.15, -0.1) is 0 Å². The number of guanidine groups is 4. The van der Waals surface area contributed by atoms with E-state index in [0.29, 0.717) is 29.7 Å². The lowest BCUT2D eigenvalue weighted by Gasteiger charge is -2.05. The van der Waals surface area contributed by atoms with Gasteiger partial charge in [0.05, 0.1) is 7.11 Å². The van der Waals surface area contributed by atoms with E-state index < -0.39 is 0 Å². The van der Waals surface area contributed by atoms with E-state index in [4.69, 9.17) is 50.9 Å². The molecule has 1 amide bonds. The second-order valence-electron chi connectivity index (χ2n) is 11.1. The Hall–Kier alpha value is -5.47. The fourth-order valence-electron chi connectivity index (χ4n) is 4.56. The van der Waals surface area contributed by atoms with Gasteiger partial charge in [-0.2, -0.15) is 9.98 Å². The maximum Gasteiger partial charge on any atom is 0.218 e. The normalized spacial score (nSPS) is 12.2. The highest BCUT2D eigenvalue weighted by Gasteiger charge is 2.05. The van der Waals surface area contributed by atoms with Crippen molar-refractivity contribution >= 4 is 75.2 Å². The number of H-pyrrole nitrogens is 1. The van der Waals surface area contributed by atoms with Crippen LogP contribution in [0.5, 0.6) is 5.75 Å². The number of halogens is 2. The van der Waals surface area contributed by atoms with Crippen LogP contribution in [-0.4, -0.2) is 61.5 Å². The van der Waals surface area contributed by atoms with Crippen molar-refractivity contribution in [1.82, 2.24) is 10.3 Å². The fourth-order valence-corrected chi connectivity index (χ4v) is 4.82. The van der Waals surface area contributed by atoms with Gasteiger partial charge in [-0.3, -0.25) is 14.8 Å². The highest BCUT2D eigenvalue weighted by Crippen LogP contribution is 2.23. The van der Waals surface area contributed by atoms with Gasteiger partial charge in [0.1, 0.15) is 5.75 Å². The molecule has 0 radical (unpaired) electrons. The molecule has 0 atom stereocenters. The number of ether oxygens (including phenoxy) is 1. The molecule has 4 aromatic rings. The van der Waals surface area contributed by atoms with Crippen LogP contribution in [0.4, 0.5) is 11.4 Å². The predicted octanol–water partition coefficient (Wildman–Crippen LogP) is 5.19. The number of rotatable bonds is 13. The lowest BCUT2D eigenvalue weighted by atomic mass is 10.1. The molecule has 3 aromatic carbocycles. The number of aromatic amines is 1. The first kappa shape index (κ1) is 40.0. The zero-order valence-corrected chi connectivity index (χ0v) is 30.3. The number of nitrogens with zero attached hydrogens (tertiary/aromatic N) is 4. The molecule has 0 aliphatic carbocycles. The Kier molecular flexibility index (Phi) is 16.9. The Morgan fingerprint density at radius 2 is 1.27 bits per heavy atom. The van der Waals surface area contributed by atoms with Crippen molar-refractivity contribution in [2.75, 3.05) is 37.4 Å². The number of methoxy groups -OCH3 is 1. The molecule has 4 rings (SSSR count). The number of nitrogens with two attached hydrogens (primary N) is 4. The number of carbonyl (C=O) groups excluding carboxylic acids is 1. The van der Waals surface area contributed by atoms with Gasteiger partial charge < -0.3 is 48.6 Å². The molecular weight excluding hydrogens is 691 g/mol. The molecule has 14 nitrogen and oxygen atoms in total. The number of benzene rings is 3. The first-order valence-electron chi connectivity index (χ1n) is 16.2. The van der Waals surface area contributed by atoms with Gasteiger partial charge in [0.2, 0.25) is 29.7 Å². The zero-order valence-electron chi connectivity index (χ0n) is 28.8. The van der Waals surface area contributed by atoms with Crippen molar-refractivity contribution in [1.29, 1.82) is 0 Å².